The molecule has 0 saturated carbocycles. The van der Waals surface area contributed by atoms with Gasteiger partial charge < -0.3 is 10.2 Å². The fraction of sp³-hybridized carbons (Fsp3) is 0.923. The molecular weight excluding hydrogens is 200 g/mol. The van der Waals surface area contributed by atoms with Gasteiger partial charge in [-0.05, 0) is 25.8 Å². The number of nitrogens with one attached hydrogen (secondary N) is 1. The second kappa shape index (κ2) is 6.89. The van der Waals surface area contributed by atoms with Crippen LogP contribution in [0, 0.1) is 11.8 Å². The average molecular weight is 226 g/mol. The Kier molecular flexibility index (Phi) is 5.81. The number of carbonyl (C=O) groups excluding carboxylic acids is 1. The molecule has 0 aromatic heterocycles. The minimum atomic E-state index is 0.231. The van der Waals surface area contributed by atoms with Gasteiger partial charge in [-0.15, -0.1) is 0 Å². The van der Waals surface area contributed by atoms with Crippen LogP contribution >= 0.6 is 0 Å². The van der Waals surface area contributed by atoms with Crippen molar-refractivity contribution in [1.29, 1.82) is 0 Å². The van der Waals surface area contributed by atoms with Crippen molar-refractivity contribution >= 4 is 5.91 Å². The second-order valence-corrected chi connectivity index (χ2v) is 4.75. The van der Waals surface area contributed by atoms with Gasteiger partial charge in [-0.2, -0.15) is 0 Å². The van der Waals surface area contributed by atoms with Crippen molar-refractivity contribution in [2.24, 2.45) is 11.8 Å². The molecule has 0 radical (unpaired) electrons. The summed E-state index contributed by atoms with van der Waals surface area (Å²) in [5.41, 5.74) is 0. The first-order valence-corrected chi connectivity index (χ1v) is 6.72. The molecule has 0 aliphatic carbocycles. The van der Waals surface area contributed by atoms with Gasteiger partial charge in [-0.3, -0.25) is 4.79 Å². The molecule has 1 unspecified atom stereocenters. The number of nitrogens with zero attached hydrogens (tertiary/aromatic N) is 1. The molecule has 3 heteroatoms. The maximum absolute atomic E-state index is 12.2. The molecule has 0 bridgehead atoms. The monoisotopic (exact) mass is 226 g/mol. The quantitative estimate of drug-likeness (QED) is 0.750. The lowest BCUT2D eigenvalue weighted by molar-refractivity contribution is -0.135. The number of rotatable bonds is 6. The third-order valence-corrected chi connectivity index (χ3v) is 3.74. The van der Waals surface area contributed by atoms with Gasteiger partial charge in [0, 0.05) is 19.6 Å². The number of hydrogen-bond acceptors (Lipinski definition) is 2. The Labute approximate surface area is 99.6 Å². The lowest BCUT2D eigenvalue weighted by Crippen LogP contribution is -2.39. The minimum Gasteiger partial charge on any atom is -0.342 e. The van der Waals surface area contributed by atoms with E-state index in [2.05, 4.69) is 31.0 Å². The van der Waals surface area contributed by atoms with Gasteiger partial charge in [0.1, 0.15) is 0 Å². The molecule has 16 heavy (non-hydrogen) atoms. The van der Waals surface area contributed by atoms with Crippen LogP contribution in [0.25, 0.3) is 0 Å². The SMILES string of the molecule is CCC(CC)CN(CC)C(=O)C1CCNC1. The van der Waals surface area contributed by atoms with Crippen LogP contribution in [0.3, 0.4) is 0 Å². The first-order chi connectivity index (χ1) is 7.72. The summed E-state index contributed by atoms with van der Waals surface area (Å²) in [5.74, 6) is 1.26. The van der Waals surface area contributed by atoms with Crippen molar-refractivity contribution < 1.29 is 4.79 Å². The smallest absolute Gasteiger partial charge is 0.227 e. The second-order valence-electron chi connectivity index (χ2n) is 4.75. The van der Waals surface area contributed by atoms with Gasteiger partial charge in [-0.25, -0.2) is 0 Å². The summed E-state index contributed by atoms with van der Waals surface area (Å²) in [7, 11) is 0. The molecule has 1 fully saturated rings. The molecule has 1 rings (SSSR count). The highest BCUT2D eigenvalue weighted by atomic mass is 16.2. The molecule has 1 atom stereocenters. The Morgan fingerprint density at radius 2 is 2.06 bits per heavy atom. The Morgan fingerprint density at radius 3 is 2.50 bits per heavy atom. The molecule has 1 aliphatic heterocycles. The predicted octanol–water partition coefficient (Wildman–Crippen LogP) is 1.88. The molecular formula is C13H26N2O. The van der Waals surface area contributed by atoms with E-state index in [9.17, 15) is 4.79 Å². The Morgan fingerprint density at radius 1 is 1.38 bits per heavy atom. The van der Waals surface area contributed by atoms with Crippen molar-refractivity contribution in [3.63, 3.8) is 0 Å². The van der Waals surface area contributed by atoms with E-state index in [4.69, 9.17) is 0 Å². The van der Waals surface area contributed by atoms with Crippen LogP contribution in [0.5, 0.6) is 0 Å². The van der Waals surface area contributed by atoms with Crippen molar-refractivity contribution in [3.05, 3.63) is 0 Å². The average Bonchev–Trinajstić information content (AvgIpc) is 2.83. The molecule has 1 N–H and O–H groups in total. The third-order valence-electron chi connectivity index (χ3n) is 3.74. The molecule has 1 aliphatic rings. The van der Waals surface area contributed by atoms with E-state index in [0.717, 1.165) is 32.6 Å². The lowest BCUT2D eigenvalue weighted by atomic mass is 10.0. The van der Waals surface area contributed by atoms with Gasteiger partial charge in [-0.1, -0.05) is 26.7 Å². The summed E-state index contributed by atoms with van der Waals surface area (Å²) in [6.07, 6.45) is 3.35. The summed E-state index contributed by atoms with van der Waals surface area (Å²) in [5, 5.41) is 3.27. The fourth-order valence-corrected chi connectivity index (χ4v) is 2.36. The topological polar surface area (TPSA) is 32.3 Å². The van der Waals surface area contributed by atoms with Crippen LogP contribution in [0.2, 0.25) is 0 Å². The van der Waals surface area contributed by atoms with Gasteiger partial charge >= 0.3 is 0 Å². The van der Waals surface area contributed by atoms with Gasteiger partial charge in [0.25, 0.3) is 0 Å². The van der Waals surface area contributed by atoms with Crippen LogP contribution < -0.4 is 5.32 Å². The van der Waals surface area contributed by atoms with E-state index in [1.165, 1.54) is 12.8 Å². The maximum atomic E-state index is 12.2. The molecule has 3 nitrogen and oxygen atoms in total. The zero-order valence-electron chi connectivity index (χ0n) is 11.0. The van der Waals surface area contributed by atoms with E-state index in [1.54, 1.807) is 0 Å². The van der Waals surface area contributed by atoms with Crippen molar-refractivity contribution in [1.82, 2.24) is 10.2 Å². The highest BCUT2D eigenvalue weighted by Crippen LogP contribution is 2.15. The van der Waals surface area contributed by atoms with E-state index in [0.29, 0.717) is 11.8 Å². The Balaban J connectivity index is 2.48. The first kappa shape index (κ1) is 13.5. The van der Waals surface area contributed by atoms with Gasteiger partial charge in [0.05, 0.1) is 5.92 Å². The highest BCUT2D eigenvalue weighted by molar-refractivity contribution is 5.79. The van der Waals surface area contributed by atoms with E-state index in [1.807, 2.05) is 0 Å². The lowest BCUT2D eigenvalue weighted by Gasteiger charge is -2.27. The minimum absolute atomic E-state index is 0.231. The number of hydrogen-bond donors (Lipinski definition) is 1. The largest absolute Gasteiger partial charge is 0.342 e. The van der Waals surface area contributed by atoms with E-state index >= 15 is 0 Å². The summed E-state index contributed by atoms with van der Waals surface area (Å²) in [4.78, 5) is 14.3. The normalized spacial score (nSPS) is 20.4. The van der Waals surface area contributed by atoms with Crippen LogP contribution in [0.15, 0.2) is 0 Å². The number of carbonyl (C=O) groups is 1. The molecule has 1 heterocycles. The van der Waals surface area contributed by atoms with E-state index < -0.39 is 0 Å². The van der Waals surface area contributed by atoms with Gasteiger partial charge in [0.2, 0.25) is 5.91 Å². The van der Waals surface area contributed by atoms with Crippen LogP contribution in [-0.4, -0.2) is 37.0 Å². The van der Waals surface area contributed by atoms with Crippen LogP contribution in [-0.2, 0) is 4.79 Å². The molecule has 0 aromatic rings. The van der Waals surface area contributed by atoms with Gasteiger partial charge in [0.15, 0.2) is 0 Å². The number of amides is 1. The summed E-state index contributed by atoms with van der Waals surface area (Å²) in [6.45, 7) is 10.2. The van der Waals surface area contributed by atoms with Crippen molar-refractivity contribution in [3.8, 4) is 0 Å². The molecule has 0 spiro atoms. The van der Waals surface area contributed by atoms with Crippen molar-refractivity contribution in [2.75, 3.05) is 26.2 Å². The third kappa shape index (κ3) is 3.48. The van der Waals surface area contributed by atoms with Crippen LogP contribution in [0.4, 0.5) is 0 Å². The Bertz CT molecular complexity index is 208. The molecule has 94 valence electrons. The summed E-state index contributed by atoms with van der Waals surface area (Å²) >= 11 is 0. The van der Waals surface area contributed by atoms with Crippen LogP contribution in [0.1, 0.15) is 40.0 Å². The standard InChI is InChI=1S/C13H26N2O/c1-4-11(5-2)10-15(6-3)13(16)12-7-8-14-9-12/h11-12,14H,4-10H2,1-3H3. The molecule has 0 aromatic carbocycles. The fourth-order valence-electron chi connectivity index (χ4n) is 2.36. The van der Waals surface area contributed by atoms with Crippen molar-refractivity contribution in [2.45, 2.75) is 40.0 Å². The highest BCUT2D eigenvalue weighted by Gasteiger charge is 2.27. The Hall–Kier alpha value is -0.570. The zero-order valence-corrected chi connectivity index (χ0v) is 11.0. The summed E-state index contributed by atoms with van der Waals surface area (Å²) in [6, 6.07) is 0. The summed E-state index contributed by atoms with van der Waals surface area (Å²) < 4.78 is 0. The zero-order chi connectivity index (χ0) is 12.0. The molecule has 1 amide bonds. The first-order valence-electron chi connectivity index (χ1n) is 6.72. The predicted molar refractivity (Wildman–Crippen MR) is 67.3 cm³/mol. The maximum Gasteiger partial charge on any atom is 0.227 e. The molecule has 1 saturated heterocycles. The van der Waals surface area contributed by atoms with E-state index in [-0.39, 0.29) is 5.92 Å².